The molecule has 1 aromatic carbocycles. The van der Waals surface area contributed by atoms with Gasteiger partial charge in [0.15, 0.2) is 0 Å². The van der Waals surface area contributed by atoms with Crippen LogP contribution in [0.2, 0.25) is 0 Å². The number of benzene rings is 1. The zero-order valence-electron chi connectivity index (χ0n) is 8.59. The van der Waals surface area contributed by atoms with E-state index in [4.69, 9.17) is 4.84 Å². The van der Waals surface area contributed by atoms with E-state index < -0.39 is 0 Å². The fraction of sp³-hybridized carbons (Fsp3) is 0.364. The first-order valence-corrected chi connectivity index (χ1v) is 4.30. The minimum absolute atomic E-state index is 0.908. The van der Waals surface area contributed by atoms with Gasteiger partial charge in [0, 0.05) is 0 Å². The van der Waals surface area contributed by atoms with E-state index in [1.54, 1.807) is 7.11 Å². The predicted molar refractivity (Wildman–Crippen MR) is 55.1 cm³/mol. The predicted octanol–water partition coefficient (Wildman–Crippen LogP) is 2.67. The van der Waals surface area contributed by atoms with Gasteiger partial charge in [-0.25, -0.2) is 0 Å². The molecule has 0 heterocycles. The molecule has 2 nitrogen and oxygen atoms in total. The molecule has 2 heteroatoms. The molecule has 0 aliphatic rings. The van der Waals surface area contributed by atoms with Gasteiger partial charge in [-0.1, -0.05) is 17.3 Å². The first-order chi connectivity index (χ1) is 6.15. The van der Waals surface area contributed by atoms with Crippen LogP contribution < -0.4 is 0 Å². The molecule has 0 spiro atoms. The van der Waals surface area contributed by atoms with Gasteiger partial charge >= 0.3 is 0 Å². The fourth-order valence-corrected chi connectivity index (χ4v) is 1.16. The van der Waals surface area contributed by atoms with Crippen LogP contribution in [0.1, 0.15) is 23.6 Å². The van der Waals surface area contributed by atoms with E-state index in [2.05, 4.69) is 37.2 Å². The third-order valence-electron chi connectivity index (χ3n) is 2.15. The van der Waals surface area contributed by atoms with Crippen molar-refractivity contribution in [2.24, 2.45) is 5.16 Å². The summed E-state index contributed by atoms with van der Waals surface area (Å²) in [6.07, 6.45) is 0. The Balaban J connectivity index is 3.04. The Labute approximate surface area is 79.2 Å². The maximum atomic E-state index is 4.72. The van der Waals surface area contributed by atoms with Crippen LogP contribution in [0.15, 0.2) is 23.4 Å². The van der Waals surface area contributed by atoms with Crippen molar-refractivity contribution in [3.63, 3.8) is 0 Å². The molecule has 0 amide bonds. The summed E-state index contributed by atoms with van der Waals surface area (Å²) in [7, 11) is 1.56. The molecule has 0 radical (unpaired) electrons. The van der Waals surface area contributed by atoms with Crippen LogP contribution in [0.5, 0.6) is 0 Å². The van der Waals surface area contributed by atoms with Crippen molar-refractivity contribution < 1.29 is 4.84 Å². The van der Waals surface area contributed by atoms with E-state index in [-0.39, 0.29) is 0 Å². The quantitative estimate of drug-likeness (QED) is 0.502. The largest absolute Gasteiger partial charge is 0.399 e. The number of rotatable bonds is 2. The highest BCUT2D eigenvalue weighted by Gasteiger charge is 1.99. The van der Waals surface area contributed by atoms with Gasteiger partial charge in [0.25, 0.3) is 0 Å². The second-order valence-electron chi connectivity index (χ2n) is 3.16. The number of oxime groups is 1. The van der Waals surface area contributed by atoms with Crippen LogP contribution in [-0.4, -0.2) is 12.8 Å². The highest BCUT2D eigenvalue weighted by Crippen LogP contribution is 2.10. The Morgan fingerprint density at radius 2 is 1.92 bits per heavy atom. The minimum Gasteiger partial charge on any atom is -0.399 e. The lowest BCUT2D eigenvalue weighted by molar-refractivity contribution is 0.213. The van der Waals surface area contributed by atoms with Gasteiger partial charge in [0.2, 0.25) is 0 Å². The molecule has 1 rings (SSSR count). The van der Waals surface area contributed by atoms with Gasteiger partial charge in [0.05, 0.1) is 5.71 Å². The lowest BCUT2D eigenvalue weighted by Gasteiger charge is -2.03. The summed E-state index contributed by atoms with van der Waals surface area (Å²) in [5.41, 5.74) is 4.60. The van der Waals surface area contributed by atoms with Crippen LogP contribution in [0.4, 0.5) is 0 Å². The molecule has 0 fully saturated rings. The molecule has 0 bridgehead atoms. The zero-order valence-corrected chi connectivity index (χ0v) is 8.59. The minimum atomic E-state index is 0.908. The second kappa shape index (κ2) is 4.08. The summed E-state index contributed by atoms with van der Waals surface area (Å²) in [6.45, 7) is 6.13. The van der Waals surface area contributed by atoms with Gasteiger partial charge in [0.1, 0.15) is 7.11 Å². The monoisotopic (exact) mass is 177 g/mol. The lowest BCUT2D eigenvalue weighted by Crippen LogP contribution is -1.96. The first-order valence-electron chi connectivity index (χ1n) is 4.30. The average molecular weight is 177 g/mol. The van der Waals surface area contributed by atoms with E-state index in [0.717, 1.165) is 11.3 Å². The van der Waals surface area contributed by atoms with E-state index in [0.29, 0.717) is 0 Å². The van der Waals surface area contributed by atoms with Crippen LogP contribution in [0.25, 0.3) is 0 Å². The number of hydrogen-bond acceptors (Lipinski definition) is 2. The van der Waals surface area contributed by atoms with Gasteiger partial charge in [-0.05, 0) is 43.5 Å². The van der Waals surface area contributed by atoms with Crippen molar-refractivity contribution >= 4 is 5.71 Å². The van der Waals surface area contributed by atoms with Gasteiger partial charge in [-0.3, -0.25) is 0 Å². The molecule has 0 aliphatic heterocycles. The molecule has 0 saturated heterocycles. The zero-order chi connectivity index (χ0) is 9.84. The Bertz CT molecular complexity index is 329. The van der Waals surface area contributed by atoms with E-state index in [9.17, 15) is 0 Å². The molecule has 0 unspecified atom stereocenters. The molecule has 0 atom stereocenters. The normalized spacial score (nSPS) is 11.5. The van der Waals surface area contributed by atoms with Crippen LogP contribution in [0.3, 0.4) is 0 Å². The molecule has 70 valence electrons. The average Bonchev–Trinajstić information content (AvgIpc) is 2.10. The molecule has 1 aromatic rings. The number of nitrogens with zero attached hydrogens (tertiary/aromatic N) is 1. The lowest BCUT2D eigenvalue weighted by atomic mass is 10.0. The Morgan fingerprint density at radius 1 is 1.23 bits per heavy atom. The topological polar surface area (TPSA) is 21.6 Å². The third-order valence-corrected chi connectivity index (χ3v) is 2.15. The van der Waals surface area contributed by atoms with E-state index in [1.807, 2.05) is 6.92 Å². The summed E-state index contributed by atoms with van der Waals surface area (Å²) < 4.78 is 0. The maximum Gasteiger partial charge on any atom is 0.106 e. The summed E-state index contributed by atoms with van der Waals surface area (Å²) >= 11 is 0. The van der Waals surface area contributed by atoms with Crippen LogP contribution in [-0.2, 0) is 4.84 Å². The molecule has 0 N–H and O–H groups in total. The van der Waals surface area contributed by atoms with Crippen molar-refractivity contribution in [1.82, 2.24) is 0 Å². The number of hydrogen-bond donors (Lipinski definition) is 0. The molecular formula is C11H15NO. The van der Waals surface area contributed by atoms with Crippen molar-refractivity contribution in [1.29, 1.82) is 0 Å². The van der Waals surface area contributed by atoms with E-state index >= 15 is 0 Å². The van der Waals surface area contributed by atoms with Gasteiger partial charge in [-0.15, -0.1) is 0 Å². The molecule has 13 heavy (non-hydrogen) atoms. The summed E-state index contributed by atoms with van der Waals surface area (Å²) in [6, 6.07) is 6.27. The van der Waals surface area contributed by atoms with Crippen LogP contribution in [0, 0.1) is 13.8 Å². The highest BCUT2D eigenvalue weighted by atomic mass is 16.6. The summed E-state index contributed by atoms with van der Waals surface area (Å²) in [5.74, 6) is 0. The first kappa shape index (κ1) is 9.78. The molecular weight excluding hydrogens is 162 g/mol. The van der Waals surface area contributed by atoms with Crippen molar-refractivity contribution in [3.8, 4) is 0 Å². The second-order valence-corrected chi connectivity index (χ2v) is 3.16. The molecule has 0 aromatic heterocycles. The summed E-state index contributed by atoms with van der Waals surface area (Å²) in [4.78, 5) is 4.72. The summed E-state index contributed by atoms with van der Waals surface area (Å²) in [5, 5.41) is 3.88. The standard InChI is InChI=1S/C11H15NO/c1-8-5-6-11(7-9(8)2)10(3)12-13-4/h5-7H,1-4H3/b12-10+. The van der Waals surface area contributed by atoms with E-state index in [1.165, 1.54) is 11.1 Å². The van der Waals surface area contributed by atoms with Crippen LogP contribution >= 0.6 is 0 Å². The number of aryl methyl sites for hydroxylation is 2. The fourth-order valence-electron chi connectivity index (χ4n) is 1.16. The molecule has 0 aliphatic carbocycles. The van der Waals surface area contributed by atoms with Crippen molar-refractivity contribution in [2.45, 2.75) is 20.8 Å². The van der Waals surface area contributed by atoms with Gasteiger partial charge in [-0.2, -0.15) is 0 Å². The van der Waals surface area contributed by atoms with Crippen molar-refractivity contribution in [2.75, 3.05) is 7.11 Å². The highest BCUT2D eigenvalue weighted by molar-refractivity contribution is 5.98. The molecule has 0 saturated carbocycles. The van der Waals surface area contributed by atoms with Gasteiger partial charge < -0.3 is 4.84 Å². The van der Waals surface area contributed by atoms with Crippen molar-refractivity contribution in [3.05, 3.63) is 34.9 Å². The Hall–Kier alpha value is -1.31. The smallest absolute Gasteiger partial charge is 0.106 e. The third kappa shape index (κ3) is 2.31. The SMILES string of the molecule is CO/N=C(\C)c1ccc(C)c(C)c1. The Kier molecular flexibility index (Phi) is 3.07. The maximum absolute atomic E-state index is 4.72. The Morgan fingerprint density at radius 3 is 2.46 bits per heavy atom.